The lowest BCUT2D eigenvalue weighted by Gasteiger charge is -2.19. The van der Waals surface area contributed by atoms with Crippen LogP contribution >= 0.6 is 0 Å². The molecule has 1 amide bonds. The highest BCUT2D eigenvalue weighted by Crippen LogP contribution is 2.06. The summed E-state index contributed by atoms with van der Waals surface area (Å²) in [5, 5.41) is 6.05. The lowest BCUT2D eigenvalue weighted by Crippen LogP contribution is -2.35. The lowest BCUT2D eigenvalue weighted by atomic mass is 10.2. The third kappa shape index (κ3) is 11.7. The average molecular weight is 260 g/mol. The van der Waals surface area contributed by atoms with Gasteiger partial charge in [-0.2, -0.15) is 0 Å². The van der Waals surface area contributed by atoms with Gasteiger partial charge in [-0.1, -0.05) is 0 Å². The summed E-state index contributed by atoms with van der Waals surface area (Å²) in [4.78, 5) is 11.3. The Bertz CT molecular complexity index is 227. The molecule has 0 aromatic heterocycles. The van der Waals surface area contributed by atoms with E-state index < -0.39 is 5.60 Å². The first-order valence-electron chi connectivity index (χ1n) is 6.63. The minimum Gasteiger partial charge on any atom is -0.444 e. The molecule has 0 aliphatic carbocycles. The number of hydrogen-bond donors (Lipinski definition) is 2. The molecule has 0 saturated carbocycles. The number of carbonyl (C=O) groups is 1. The fourth-order valence-electron chi connectivity index (χ4n) is 1.30. The van der Waals surface area contributed by atoms with Gasteiger partial charge < -0.3 is 20.1 Å². The van der Waals surface area contributed by atoms with Gasteiger partial charge in [0.25, 0.3) is 0 Å². The van der Waals surface area contributed by atoms with E-state index in [9.17, 15) is 4.79 Å². The molecule has 0 rings (SSSR count). The van der Waals surface area contributed by atoms with Crippen LogP contribution in [-0.2, 0) is 9.47 Å². The van der Waals surface area contributed by atoms with E-state index in [1.807, 2.05) is 27.7 Å². The van der Waals surface area contributed by atoms with E-state index in [0.29, 0.717) is 12.6 Å². The van der Waals surface area contributed by atoms with Crippen molar-refractivity contribution in [1.82, 2.24) is 10.6 Å². The maximum absolute atomic E-state index is 11.3. The first-order valence-corrected chi connectivity index (χ1v) is 6.63. The number of nitrogens with one attached hydrogen (secondary N) is 2. The summed E-state index contributed by atoms with van der Waals surface area (Å²) in [6.45, 7) is 12.5. The minimum atomic E-state index is -0.436. The Balaban J connectivity index is 3.42. The van der Waals surface area contributed by atoms with Crippen LogP contribution in [0.5, 0.6) is 0 Å². The van der Waals surface area contributed by atoms with E-state index in [0.717, 1.165) is 26.2 Å². The topological polar surface area (TPSA) is 59.6 Å². The molecule has 0 saturated heterocycles. The molecule has 0 spiro atoms. The maximum atomic E-state index is 11.3. The Hall–Kier alpha value is -0.810. The first kappa shape index (κ1) is 17.2. The number of ether oxygens (including phenoxy) is 2. The predicted octanol–water partition coefficient (Wildman–Crippen LogP) is 1.92. The van der Waals surface area contributed by atoms with Crippen LogP contribution in [-0.4, -0.2) is 44.0 Å². The molecule has 0 radical (unpaired) electrons. The van der Waals surface area contributed by atoms with E-state index in [1.165, 1.54) is 0 Å². The molecule has 2 N–H and O–H groups in total. The highest BCUT2D eigenvalue weighted by atomic mass is 16.6. The molecule has 0 bridgehead atoms. The molecule has 1 atom stereocenters. The zero-order valence-electron chi connectivity index (χ0n) is 12.3. The molecule has 0 aliphatic heterocycles. The van der Waals surface area contributed by atoms with Crippen molar-refractivity contribution in [2.24, 2.45) is 0 Å². The molecular weight excluding hydrogens is 232 g/mol. The van der Waals surface area contributed by atoms with Crippen molar-refractivity contribution in [3.63, 3.8) is 0 Å². The summed E-state index contributed by atoms with van der Waals surface area (Å²) in [5.74, 6) is 0. The molecule has 0 aliphatic rings. The monoisotopic (exact) mass is 260 g/mol. The summed E-state index contributed by atoms with van der Waals surface area (Å²) in [7, 11) is 0. The van der Waals surface area contributed by atoms with Crippen LogP contribution in [0.2, 0.25) is 0 Å². The van der Waals surface area contributed by atoms with Crippen molar-refractivity contribution in [1.29, 1.82) is 0 Å². The quantitative estimate of drug-likeness (QED) is 0.655. The number of amides is 1. The summed E-state index contributed by atoms with van der Waals surface area (Å²) < 4.78 is 10.4. The van der Waals surface area contributed by atoms with Gasteiger partial charge in [-0.05, 0) is 47.6 Å². The second-order valence-electron chi connectivity index (χ2n) is 5.30. The molecule has 108 valence electrons. The summed E-state index contributed by atoms with van der Waals surface area (Å²) in [6, 6.07) is 0.339. The Morgan fingerprint density at radius 2 is 1.94 bits per heavy atom. The molecule has 0 fully saturated rings. The van der Waals surface area contributed by atoms with Crippen molar-refractivity contribution in [3.8, 4) is 0 Å². The molecule has 18 heavy (non-hydrogen) atoms. The van der Waals surface area contributed by atoms with Crippen molar-refractivity contribution in [2.75, 3.05) is 26.3 Å². The van der Waals surface area contributed by atoms with Gasteiger partial charge in [0, 0.05) is 19.2 Å². The van der Waals surface area contributed by atoms with Crippen LogP contribution in [0, 0.1) is 0 Å². The van der Waals surface area contributed by atoms with E-state index in [-0.39, 0.29) is 6.09 Å². The smallest absolute Gasteiger partial charge is 0.407 e. The molecule has 0 heterocycles. The van der Waals surface area contributed by atoms with Crippen molar-refractivity contribution in [2.45, 2.75) is 52.7 Å². The fraction of sp³-hybridized carbons (Fsp3) is 0.923. The maximum Gasteiger partial charge on any atom is 0.407 e. The van der Waals surface area contributed by atoms with E-state index >= 15 is 0 Å². The number of rotatable bonds is 8. The number of carbonyl (C=O) groups excluding carboxylic acids is 1. The van der Waals surface area contributed by atoms with Gasteiger partial charge in [-0.3, -0.25) is 0 Å². The van der Waals surface area contributed by atoms with E-state index in [4.69, 9.17) is 9.47 Å². The summed E-state index contributed by atoms with van der Waals surface area (Å²) in [6.07, 6.45) is 0.514. The molecule has 5 nitrogen and oxygen atoms in total. The predicted molar refractivity (Wildman–Crippen MR) is 72.8 cm³/mol. The Kier molecular flexibility index (Phi) is 8.75. The van der Waals surface area contributed by atoms with Crippen molar-refractivity contribution in [3.05, 3.63) is 0 Å². The van der Waals surface area contributed by atoms with Crippen LogP contribution < -0.4 is 10.6 Å². The Morgan fingerprint density at radius 1 is 1.28 bits per heavy atom. The van der Waals surface area contributed by atoms with Gasteiger partial charge in [0.1, 0.15) is 5.60 Å². The van der Waals surface area contributed by atoms with E-state index in [1.54, 1.807) is 0 Å². The summed E-state index contributed by atoms with van der Waals surface area (Å²) >= 11 is 0. The number of hydrogen-bond acceptors (Lipinski definition) is 4. The highest BCUT2D eigenvalue weighted by Gasteiger charge is 2.15. The lowest BCUT2D eigenvalue weighted by molar-refractivity contribution is 0.0527. The van der Waals surface area contributed by atoms with Crippen LogP contribution in [0.15, 0.2) is 0 Å². The molecule has 0 aromatic rings. The fourth-order valence-corrected chi connectivity index (χ4v) is 1.30. The zero-order valence-corrected chi connectivity index (χ0v) is 12.3. The van der Waals surface area contributed by atoms with Gasteiger partial charge in [0.15, 0.2) is 0 Å². The number of alkyl carbamates (subject to hydrolysis) is 1. The largest absolute Gasteiger partial charge is 0.444 e. The third-order valence-electron chi connectivity index (χ3n) is 2.09. The third-order valence-corrected chi connectivity index (χ3v) is 2.09. The van der Waals surface area contributed by atoms with Gasteiger partial charge in [-0.25, -0.2) is 4.79 Å². The van der Waals surface area contributed by atoms with Crippen LogP contribution in [0.4, 0.5) is 4.79 Å². The molecular formula is C13H28N2O3. The first-order chi connectivity index (χ1) is 8.35. The van der Waals surface area contributed by atoms with Gasteiger partial charge in [0.05, 0.1) is 6.61 Å². The van der Waals surface area contributed by atoms with Crippen LogP contribution in [0.1, 0.15) is 41.0 Å². The highest BCUT2D eigenvalue weighted by molar-refractivity contribution is 5.67. The zero-order chi connectivity index (χ0) is 14.0. The standard InChI is InChI=1S/C13H28N2O3/c1-6-17-10-11(2)14-8-7-9-15-12(16)18-13(3,4)5/h11,14H,6-10H2,1-5H3,(H,15,16). The van der Waals surface area contributed by atoms with Gasteiger partial charge in [-0.15, -0.1) is 0 Å². The molecule has 1 unspecified atom stereocenters. The second-order valence-corrected chi connectivity index (χ2v) is 5.30. The Morgan fingerprint density at radius 3 is 2.50 bits per heavy atom. The van der Waals surface area contributed by atoms with Gasteiger partial charge in [0.2, 0.25) is 0 Å². The summed E-state index contributed by atoms with van der Waals surface area (Å²) in [5.41, 5.74) is -0.436. The molecule has 0 aromatic carbocycles. The normalized spacial score (nSPS) is 13.2. The van der Waals surface area contributed by atoms with Crippen molar-refractivity contribution >= 4 is 6.09 Å². The van der Waals surface area contributed by atoms with Crippen molar-refractivity contribution < 1.29 is 14.3 Å². The SMILES string of the molecule is CCOCC(C)NCCCNC(=O)OC(C)(C)C. The average Bonchev–Trinajstić information content (AvgIpc) is 2.23. The Labute approximate surface area is 111 Å². The minimum absolute atomic E-state index is 0.339. The van der Waals surface area contributed by atoms with E-state index in [2.05, 4.69) is 17.6 Å². The van der Waals surface area contributed by atoms with Crippen LogP contribution in [0.3, 0.4) is 0 Å². The van der Waals surface area contributed by atoms with Crippen LogP contribution in [0.25, 0.3) is 0 Å². The van der Waals surface area contributed by atoms with Gasteiger partial charge >= 0.3 is 6.09 Å². The second kappa shape index (κ2) is 9.16. The molecule has 5 heteroatoms.